The lowest BCUT2D eigenvalue weighted by atomic mass is 10.1. The number of nitrogens with zero attached hydrogens (tertiary/aromatic N) is 2. The standard InChI is InChI=1S/C13H25N3O2.2ClH/c1-11(9-14-2)13(17)16-4-3-12(10-16)15-5-7-18-8-6-15;;/h11-12,14H,3-10H2,1-2H3;2*1H. The van der Waals surface area contributed by atoms with Crippen molar-refractivity contribution in [2.75, 3.05) is 53.0 Å². The van der Waals surface area contributed by atoms with Crippen LogP contribution in [0.1, 0.15) is 13.3 Å². The molecule has 2 unspecified atom stereocenters. The minimum atomic E-state index is 0. The van der Waals surface area contributed by atoms with Gasteiger partial charge in [-0.1, -0.05) is 6.92 Å². The van der Waals surface area contributed by atoms with E-state index in [-0.39, 0.29) is 30.7 Å². The first-order valence-electron chi connectivity index (χ1n) is 6.97. The van der Waals surface area contributed by atoms with E-state index in [2.05, 4.69) is 10.2 Å². The van der Waals surface area contributed by atoms with Gasteiger partial charge in [0.2, 0.25) is 5.91 Å². The maximum absolute atomic E-state index is 12.2. The minimum absolute atomic E-state index is 0. The third-order valence-corrected chi connectivity index (χ3v) is 3.97. The van der Waals surface area contributed by atoms with Gasteiger partial charge in [-0.05, 0) is 13.5 Å². The Bertz CT molecular complexity index is 289. The number of nitrogens with one attached hydrogen (secondary N) is 1. The van der Waals surface area contributed by atoms with Crippen LogP contribution in [-0.4, -0.2) is 74.7 Å². The Kier molecular flexibility index (Phi) is 9.76. The van der Waals surface area contributed by atoms with Gasteiger partial charge in [0, 0.05) is 44.7 Å². The molecule has 0 aromatic carbocycles. The molecule has 20 heavy (non-hydrogen) atoms. The number of likely N-dealkylation sites (tertiary alicyclic amines) is 1. The van der Waals surface area contributed by atoms with Gasteiger partial charge >= 0.3 is 0 Å². The summed E-state index contributed by atoms with van der Waals surface area (Å²) in [6.45, 7) is 8.26. The van der Waals surface area contributed by atoms with Gasteiger partial charge in [-0.25, -0.2) is 0 Å². The lowest BCUT2D eigenvalue weighted by Crippen LogP contribution is -2.46. The van der Waals surface area contributed by atoms with Crippen molar-refractivity contribution in [1.82, 2.24) is 15.1 Å². The number of rotatable bonds is 4. The van der Waals surface area contributed by atoms with Crippen LogP contribution >= 0.6 is 24.8 Å². The quantitative estimate of drug-likeness (QED) is 0.822. The van der Waals surface area contributed by atoms with E-state index in [9.17, 15) is 4.79 Å². The Morgan fingerprint density at radius 3 is 2.55 bits per heavy atom. The van der Waals surface area contributed by atoms with E-state index in [1.165, 1.54) is 0 Å². The molecule has 1 amide bonds. The number of amides is 1. The fourth-order valence-electron chi connectivity index (χ4n) is 2.89. The van der Waals surface area contributed by atoms with E-state index >= 15 is 0 Å². The predicted molar refractivity (Wildman–Crippen MR) is 85.0 cm³/mol. The molecular weight excluding hydrogens is 301 g/mol. The van der Waals surface area contributed by atoms with Gasteiger partial charge in [0.05, 0.1) is 13.2 Å². The van der Waals surface area contributed by atoms with Crippen LogP contribution in [-0.2, 0) is 9.53 Å². The third-order valence-electron chi connectivity index (χ3n) is 3.97. The van der Waals surface area contributed by atoms with Crippen LogP contribution in [0.2, 0.25) is 0 Å². The van der Waals surface area contributed by atoms with Crippen molar-refractivity contribution in [2.45, 2.75) is 19.4 Å². The van der Waals surface area contributed by atoms with Crippen LogP contribution < -0.4 is 5.32 Å². The normalized spacial score (nSPS) is 24.7. The van der Waals surface area contributed by atoms with Crippen LogP contribution in [0, 0.1) is 5.92 Å². The van der Waals surface area contributed by atoms with Crippen molar-refractivity contribution in [3.63, 3.8) is 0 Å². The summed E-state index contributed by atoms with van der Waals surface area (Å²) in [4.78, 5) is 16.7. The zero-order valence-corrected chi connectivity index (χ0v) is 14.0. The average molecular weight is 328 g/mol. The molecular formula is C13H27Cl2N3O2. The van der Waals surface area contributed by atoms with Gasteiger partial charge in [-0.15, -0.1) is 24.8 Å². The van der Waals surface area contributed by atoms with Crippen molar-refractivity contribution in [2.24, 2.45) is 5.92 Å². The van der Waals surface area contributed by atoms with Crippen molar-refractivity contribution < 1.29 is 9.53 Å². The summed E-state index contributed by atoms with van der Waals surface area (Å²) in [6, 6.07) is 0.541. The highest BCUT2D eigenvalue weighted by Gasteiger charge is 2.32. The van der Waals surface area contributed by atoms with E-state index in [1.807, 2.05) is 18.9 Å². The monoisotopic (exact) mass is 327 g/mol. The van der Waals surface area contributed by atoms with E-state index in [4.69, 9.17) is 4.74 Å². The summed E-state index contributed by atoms with van der Waals surface area (Å²) in [6.07, 6.45) is 1.11. The Balaban J connectivity index is 0.00000180. The highest BCUT2D eigenvalue weighted by molar-refractivity contribution is 5.85. The molecule has 1 N–H and O–H groups in total. The van der Waals surface area contributed by atoms with Crippen LogP contribution in [0.3, 0.4) is 0 Å². The first-order chi connectivity index (χ1) is 8.72. The first kappa shape index (κ1) is 19.9. The molecule has 5 nitrogen and oxygen atoms in total. The first-order valence-corrected chi connectivity index (χ1v) is 6.97. The van der Waals surface area contributed by atoms with Gasteiger partial charge < -0.3 is 15.0 Å². The van der Waals surface area contributed by atoms with Crippen molar-refractivity contribution in [3.8, 4) is 0 Å². The second kappa shape index (κ2) is 9.79. The smallest absolute Gasteiger partial charge is 0.226 e. The van der Waals surface area contributed by atoms with Crippen molar-refractivity contribution in [3.05, 3.63) is 0 Å². The van der Waals surface area contributed by atoms with Gasteiger partial charge in [0.1, 0.15) is 0 Å². The molecule has 0 radical (unpaired) electrons. The maximum atomic E-state index is 12.2. The zero-order chi connectivity index (χ0) is 13.0. The summed E-state index contributed by atoms with van der Waals surface area (Å²) >= 11 is 0. The van der Waals surface area contributed by atoms with Gasteiger partial charge in [0.15, 0.2) is 0 Å². The number of hydrogen-bond acceptors (Lipinski definition) is 4. The van der Waals surface area contributed by atoms with E-state index in [0.717, 1.165) is 52.4 Å². The Hall–Kier alpha value is -0.0700. The van der Waals surface area contributed by atoms with Crippen LogP contribution in [0.4, 0.5) is 0 Å². The Morgan fingerprint density at radius 2 is 1.95 bits per heavy atom. The molecule has 7 heteroatoms. The number of hydrogen-bond donors (Lipinski definition) is 1. The highest BCUT2D eigenvalue weighted by Crippen LogP contribution is 2.18. The fraction of sp³-hybridized carbons (Fsp3) is 0.923. The molecule has 0 spiro atoms. The highest BCUT2D eigenvalue weighted by atomic mass is 35.5. The molecule has 2 saturated heterocycles. The molecule has 0 saturated carbocycles. The SMILES string of the molecule is CNCC(C)C(=O)N1CCC(N2CCOCC2)C1.Cl.Cl. The second-order valence-electron chi connectivity index (χ2n) is 5.33. The van der Waals surface area contributed by atoms with E-state index < -0.39 is 0 Å². The lowest BCUT2D eigenvalue weighted by molar-refractivity contribution is -0.134. The molecule has 120 valence electrons. The average Bonchev–Trinajstić information content (AvgIpc) is 2.89. The third kappa shape index (κ3) is 5.04. The summed E-state index contributed by atoms with van der Waals surface area (Å²) in [5.74, 6) is 0.374. The van der Waals surface area contributed by atoms with Gasteiger partial charge in [0.25, 0.3) is 0 Å². The van der Waals surface area contributed by atoms with Crippen molar-refractivity contribution >= 4 is 30.7 Å². The van der Waals surface area contributed by atoms with Gasteiger partial charge in [-0.2, -0.15) is 0 Å². The predicted octanol–water partition coefficient (Wildman–Crippen LogP) is 0.619. The summed E-state index contributed by atoms with van der Waals surface area (Å²) in [7, 11) is 1.89. The number of halogens is 2. The zero-order valence-electron chi connectivity index (χ0n) is 12.3. The molecule has 2 aliphatic heterocycles. The molecule has 0 aromatic heterocycles. The second-order valence-corrected chi connectivity index (χ2v) is 5.33. The molecule has 2 fully saturated rings. The number of ether oxygens (including phenoxy) is 1. The lowest BCUT2D eigenvalue weighted by Gasteiger charge is -2.32. The molecule has 0 aliphatic carbocycles. The molecule has 2 rings (SSSR count). The number of carbonyl (C=O) groups is 1. The summed E-state index contributed by atoms with van der Waals surface area (Å²) in [5, 5.41) is 3.07. The molecule has 2 aliphatic rings. The van der Waals surface area contributed by atoms with Crippen LogP contribution in [0.5, 0.6) is 0 Å². The molecule has 0 bridgehead atoms. The summed E-state index contributed by atoms with van der Waals surface area (Å²) < 4.78 is 5.37. The largest absolute Gasteiger partial charge is 0.379 e. The Morgan fingerprint density at radius 1 is 1.30 bits per heavy atom. The molecule has 2 heterocycles. The fourth-order valence-corrected chi connectivity index (χ4v) is 2.89. The molecule has 0 aromatic rings. The topological polar surface area (TPSA) is 44.8 Å². The Labute approximate surface area is 134 Å². The van der Waals surface area contributed by atoms with E-state index in [0.29, 0.717) is 11.9 Å². The van der Waals surface area contributed by atoms with Gasteiger partial charge in [-0.3, -0.25) is 9.69 Å². The maximum Gasteiger partial charge on any atom is 0.226 e. The van der Waals surface area contributed by atoms with Crippen LogP contribution in [0.25, 0.3) is 0 Å². The minimum Gasteiger partial charge on any atom is -0.379 e. The summed E-state index contributed by atoms with van der Waals surface area (Å²) in [5.41, 5.74) is 0. The van der Waals surface area contributed by atoms with Crippen LogP contribution in [0.15, 0.2) is 0 Å². The van der Waals surface area contributed by atoms with Crippen molar-refractivity contribution in [1.29, 1.82) is 0 Å². The number of carbonyl (C=O) groups excluding carboxylic acids is 1. The molecule has 2 atom stereocenters. The number of morpholine rings is 1. The van der Waals surface area contributed by atoms with E-state index in [1.54, 1.807) is 0 Å².